The van der Waals surface area contributed by atoms with Gasteiger partial charge in [-0.15, -0.1) is 0 Å². The second kappa shape index (κ2) is 13.6. The summed E-state index contributed by atoms with van der Waals surface area (Å²) in [5.41, 5.74) is 2.31. The molecule has 0 bridgehead atoms. The number of carbonyl (C=O) groups is 1. The topological polar surface area (TPSA) is 133 Å². The van der Waals surface area contributed by atoms with Crippen LogP contribution < -0.4 is 10.1 Å². The molecular weight excluding hydrogens is 563 g/mol. The van der Waals surface area contributed by atoms with Crippen molar-refractivity contribution in [2.45, 2.75) is 31.5 Å². The minimum absolute atomic E-state index is 0.0456. The van der Waals surface area contributed by atoms with Gasteiger partial charge < -0.3 is 15.2 Å². The highest BCUT2D eigenvalue weighted by atomic mass is 32.2. The number of ether oxygens (including phenoxy) is 1. The molecule has 0 saturated carbocycles. The third kappa shape index (κ3) is 9.46. The first-order valence-electron chi connectivity index (χ1n) is 11.8. The van der Waals surface area contributed by atoms with E-state index in [1.54, 1.807) is 50.4 Å². The quantitative estimate of drug-likeness (QED) is 0.452. The molecule has 1 aliphatic heterocycles. The molecule has 10 nitrogen and oxygen atoms in total. The lowest BCUT2D eigenvalue weighted by atomic mass is 10.2. The lowest BCUT2D eigenvalue weighted by molar-refractivity contribution is -0.192. The van der Waals surface area contributed by atoms with Crippen LogP contribution >= 0.6 is 0 Å². The third-order valence-electron chi connectivity index (χ3n) is 5.75. The zero-order valence-corrected chi connectivity index (χ0v) is 23.4. The number of halogens is 3. The first-order valence-corrected chi connectivity index (χ1v) is 14.8. The van der Waals surface area contributed by atoms with E-state index >= 15 is 0 Å². The van der Waals surface area contributed by atoms with Gasteiger partial charge >= 0.3 is 12.1 Å². The van der Waals surface area contributed by atoms with E-state index in [-0.39, 0.29) is 23.7 Å². The number of carboxylic acids is 1. The smallest absolute Gasteiger partial charge is 0.490 e. The normalized spacial score (nSPS) is 14.9. The molecule has 3 rings (SSSR count). The Morgan fingerprint density at radius 2 is 1.69 bits per heavy atom. The first-order chi connectivity index (χ1) is 18.1. The van der Waals surface area contributed by atoms with Crippen LogP contribution in [-0.2, 0) is 31.4 Å². The lowest BCUT2D eigenvalue weighted by Crippen LogP contribution is -2.48. The van der Waals surface area contributed by atoms with E-state index in [1.807, 2.05) is 13.0 Å². The fourth-order valence-electron chi connectivity index (χ4n) is 3.76. The van der Waals surface area contributed by atoms with E-state index < -0.39 is 32.2 Å². The van der Waals surface area contributed by atoms with Crippen LogP contribution in [0.25, 0.3) is 0 Å². The Balaban J connectivity index is 0.000000673. The average molecular weight is 596 g/mol. The zero-order valence-electron chi connectivity index (χ0n) is 21.7. The van der Waals surface area contributed by atoms with Gasteiger partial charge in [0, 0.05) is 39.3 Å². The van der Waals surface area contributed by atoms with E-state index in [1.165, 1.54) is 8.61 Å². The van der Waals surface area contributed by atoms with Crippen molar-refractivity contribution in [2.24, 2.45) is 0 Å². The van der Waals surface area contributed by atoms with E-state index in [0.29, 0.717) is 37.5 Å². The maximum atomic E-state index is 13.6. The lowest BCUT2D eigenvalue weighted by Gasteiger charge is -2.28. The second-order valence-corrected chi connectivity index (χ2v) is 12.7. The van der Waals surface area contributed by atoms with Crippen LogP contribution in [0, 0.1) is 13.8 Å². The van der Waals surface area contributed by atoms with Crippen LogP contribution in [0.5, 0.6) is 5.75 Å². The van der Waals surface area contributed by atoms with E-state index in [9.17, 15) is 30.0 Å². The number of benzene rings is 2. The van der Waals surface area contributed by atoms with Crippen molar-refractivity contribution in [1.82, 2.24) is 13.9 Å². The van der Waals surface area contributed by atoms with Gasteiger partial charge in [0.25, 0.3) is 0 Å². The predicted octanol–water partition coefficient (Wildman–Crippen LogP) is 2.37. The molecule has 0 radical (unpaired) electrons. The SMILES string of the molecule is COc1cccc(CN(CCS(=O)(=O)N2CCNCC2)S(=O)(=O)c2ccc(C)cc2C)c1.O=C(O)C(F)(F)F. The van der Waals surface area contributed by atoms with Gasteiger partial charge in [0.1, 0.15) is 5.75 Å². The number of rotatable bonds is 9. The standard InChI is InChI=1S/C22H31N3O5S2.C2HF3O2/c1-18-7-8-22(19(2)15-18)32(28,29)25(17-20-5-4-6-21(16-20)30-3)13-14-31(26,27)24-11-9-23-10-12-24;3-2(4,5)1(6)7/h4-8,15-16,23H,9-14,17H2,1-3H3;(H,6,7). The summed E-state index contributed by atoms with van der Waals surface area (Å²) in [4.78, 5) is 9.08. The molecular formula is C24H32F3N3O7S2. The average Bonchev–Trinajstić information content (AvgIpc) is 2.86. The van der Waals surface area contributed by atoms with E-state index in [4.69, 9.17) is 14.6 Å². The van der Waals surface area contributed by atoms with Crippen molar-refractivity contribution < 1.29 is 44.6 Å². The Labute approximate surface area is 226 Å². The van der Waals surface area contributed by atoms with Crippen LogP contribution in [0.2, 0.25) is 0 Å². The molecule has 1 fully saturated rings. The largest absolute Gasteiger partial charge is 0.497 e. The van der Waals surface area contributed by atoms with Gasteiger partial charge in [-0.2, -0.15) is 21.8 Å². The number of alkyl halides is 3. The number of nitrogens with zero attached hydrogens (tertiary/aromatic N) is 2. The Kier molecular flexibility index (Phi) is 11.3. The summed E-state index contributed by atoms with van der Waals surface area (Å²) in [6, 6.07) is 12.3. The zero-order chi connectivity index (χ0) is 29.4. The highest BCUT2D eigenvalue weighted by Gasteiger charge is 2.38. The molecule has 2 aromatic rings. The summed E-state index contributed by atoms with van der Waals surface area (Å²) >= 11 is 0. The minimum Gasteiger partial charge on any atom is -0.497 e. The molecule has 2 aromatic carbocycles. The molecule has 0 atom stereocenters. The number of aryl methyl sites for hydroxylation is 2. The van der Waals surface area contributed by atoms with Crippen molar-refractivity contribution in [3.05, 3.63) is 59.2 Å². The molecule has 1 heterocycles. The van der Waals surface area contributed by atoms with Crippen LogP contribution in [-0.4, -0.2) is 88.3 Å². The number of nitrogens with one attached hydrogen (secondary N) is 1. The van der Waals surface area contributed by atoms with E-state index in [2.05, 4.69) is 5.32 Å². The fraction of sp³-hybridized carbons (Fsp3) is 0.458. The van der Waals surface area contributed by atoms with Crippen LogP contribution in [0.3, 0.4) is 0 Å². The summed E-state index contributed by atoms with van der Waals surface area (Å²) < 4.78 is 92.6. The second-order valence-electron chi connectivity index (χ2n) is 8.73. The monoisotopic (exact) mass is 595 g/mol. The van der Waals surface area contributed by atoms with Crippen LogP contribution in [0.15, 0.2) is 47.4 Å². The van der Waals surface area contributed by atoms with Gasteiger partial charge in [0.05, 0.1) is 17.8 Å². The molecule has 1 aliphatic rings. The minimum atomic E-state index is -5.08. The Bertz CT molecular complexity index is 1340. The highest BCUT2D eigenvalue weighted by Crippen LogP contribution is 2.24. The Morgan fingerprint density at radius 3 is 2.23 bits per heavy atom. The van der Waals surface area contributed by atoms with Gasteiger partial charge in [0.2, 0.25) is 20.0 Å². The first kappa shape index (κ1) is 32.5. The summed E-state index contributed by atoms with van der Waals surface area (Å²) in [6.07, 6.45) is -5.08. The number of hydrogen-bond acceptors (Lipinski definition) is 7. The van der Waals surface area contributed by atoms with Gasteiger partial charge in [-0.3, -0.25) is 0 Å². The molecule has 0 aromatic heterocycles. The van der Waals surface area contributed by atoms with Crippen LogP contribution in [0.1, 0.15) is 16.7 Å². The number of carboxylic acid groups (broad SMARTS) is 1. The third-order valence-corrected chi connectivity index (χ3v) is 9.61. The van der Waals surface area contributed by atoms with Gasteiger partial charge in [0.15, 0.2) is 0 Å². The Morgan fingerprint density at radius 1 is 1.08 bits per heavy atom. The van der Waals surface area contributed by atoms with Gasteiger partial charge in [-0.25, -0.2) is 21.6 Å². The summed E-state index contributed by atoms with van der Waals surface area (Å²) in [7, 11) is -5.96. The van der Waals surface area contributed by atoms with Gasteiger partial charge in [-0.05, 0) is 43.2 Å². The van der Waals surface area contributed by atoms with Crippen molar-refractivity contribution in [2.75, 3.05) is 45.6 Å². The molecule has 2 N–H and O–H groups in total. The number of aliphatic carboxylic acids is 1. The summed E-state index contributed by atoms with van der Waals surface area (Å²) in [5, 5.41) is 10.3. The Hall–Kier alpha value is -2.72. The number of methoxy groups -OCH3 is 1. The molecule has 0 amide bonds. The highest BCUT2D eigenvalue weighted by molar-refractivity contribution is 7.90. The molecule has 39 heavy (non-hydrogen) atoms. The number of piperazine rings is 1. The maximum Gasteiger partial charge on any atom is 0.490 e. The number of sulfonamides is 2. The molecule has 1 saturated heterocycles. The van der Waals surface area contributed by atoms with Crippen molar-refractivity contribution >= 4 is 26.0 Å². The molecule has 0 spiro atoms. The van der Waals surface area contributed by atoms with Crippen molar-refractivity contribution in [3.63, 3.8) is 0 Å². The number of hydrogen-bond donors (Lipinski definition) is 2. The fourth-order valence-corrected chi connectivity index (χ4v) is 6.95. The van der Waals surface area contributed by atoms with Crippen LogP contribution in [0.4, 0.5) is 13.2 Å². The predicted molar refractivity (Wildman–Crippen MR) is 138 cm³/mol. The maximum absolute atomic E-state index is 13.6. The van der Waals surface area contributed by atoms with Crippen molar-refractivity contribution in [1.29, 1.82) is 0 Å². The molecule has 0 unspecified atom stereocenters. The summed E-state index contributed by atoms with van der Waals surface area (Å²) in [5.74, 6) is -2.42. The molecule has 218 valence electrons. The molecule has 0 aliphatic carbocycles. The molecule has 15 heteroatoms. The van der Waals surface area contributed by atoms with E-state index in [0.717, 1.165) is 11.1 Å². The van der Waals surface area contributed by atoms with Crippen molar-refractivity contribution in [3.8, 4) is 5.75 Å². The van der Waals surface area contributed by atoms with Gasteiger partial charge in [-0.1, -0.05) is 29.8 Å². The summed E-state index contributed by atoms with van der Waals surface area (Å²) in [6.45, 7) is 5.52.